The highest BCUT2D eigenvalue weighted by atomic mass is 32.2. The number of benzene rings is 2. The summed E-state index contributed by atoms with van der Waals surface area (Å²) in [6.07, 6.45) is 2.05. The van der Waals surface area contributed by atoms with E-state index in [1.807, 2.05) is 47.0 Å². The van der Waals surface area contributed by atoms with E-state index in [1.165, 1.54) is 5.56 Å². The maximum atomic E-state index is 12.0. The average molecular weight is 349 g/mol. The highest BCUT2D eigenvalue weighted by molar-refractivity contribution is 8.00. The predicted molar refractivity (Wildman–Crippen MR) is 102 cm³/mol. The van der Waals surface area contributed by atoms with Crippen LogP contribution in [0.3, 0.4) is 0 Å². The summed E-state index contributed by atoms with van der Waals surface area (Å²) in [4.78, 5) is 13.8. The van der Waals surface area contributed by atoms with Crippen LogP contribution >= 0.6 is 11.8 Å². The van der Waals surface area contributed by atoms with Gasteiger partial charge in [0.1, 0.15) is 5.37 Å². The fourth-order valence-electron chi connectivity index (χ4n) is 3.01. The molecule has 5 heteroatoms. The topological polar surface area (TPSA) is 38.1 Å². The van der Waals surface area contributed by atoms with E-state index >= 15 is 0 Å². The first-order valence-electron chi connectivity index (χ1n) is 8.23. The van der Waals surface area contributed by atoms with Crippen LogP contribution in [0.1, 0.15) is 16.5 Å². The normalized spacial score (nSPS) is 17.3. The first-order chi connectivity index (χ1) is 12.1. The first kappa shape index (κ1) is 16.0. The van der Waals surface area contributed by atoms with Crippen LogP contribution < -0.4 is 0 Å². The van der Waals surface area contributed by atoms with Crippen molar-refractivity contribution in [3.8, 4) is 16.9 Å². The molecule has 1 fully saturated rings. The van der Waals surface area contributed by atoms with Gasteiger partial charge in [-0.3, -0.25) is 4.79 Å². The van der Waals surface area contributed by atoms with Gasteiger partial charge in [0.15, 0.2) is 0 Å². The third-order valence-electron chi connectivity index (χ3n) is 4.46. The monoisotopic (exact) mass is 349 g/mol. The van der Waals surface area contributed by atoms with Gasteiger partial charge in [-0.15, -0.1) is 11.8 Å². The molecular formula is C20H19N3OS. The summed E-state index contributed by atoms with van der Waals surface area (Å²) in [5.74, 6) is 0.683. The summed E-state index contributed by atoms with van der Waals surface area (Å²) in [5, 5.41) is 4.85. The molecule has 1 aliphatic rings. The second-order valence-electron chi connectivity index (χ2n) is 6.25. The number of para-hydroxylation sites is 1. The maximum absolute atomic E-state index is 12.0. The lowest BCUT2D eigenvalue weighted by Crippen LogP contribution is -2.23. The first-order valence-corrected chi connectivity index (χ1v) is 9.27. The molecule has 4 nitrogen and oxygen atoms in total. The van der Waals surface area contributed by atoms with Gasteiger partial charge in [-0.2, -0.15) is 5.10 Å². The molecule has 126 valence electrons. The molecular weight excluding hydrogens is 330 g/mol. The zero-order valence-corrected chi connectivity index (χ0v) is 15.0. The molecule has 1 aliphatic heterocycles. The Hall–Kier alpha value is -2.53. The van der Waals surface area contributed by atoms with Gasteiger partial charge in [0.2, 0.25) is 5.91 Å². The molecule has 2 aromatic carbocycles. The summed E-state index contributed by atoms with van der Waals surface area (Å²) in [6, 6.07) is 18.4. The molecule has 3 aromatic rings. The number of hydrogen-bond donors (Lipinski definition) is 0. The van der Waals surface area contributed by atoms with E-state index in [-0.39, 0.29) is 11.3 Å². The third-order valence-corrected chi connectivity index (χ3v) is 5.76. The number of aryl methyl sites for hydroxylation is 1. The molecule has 0 bridgehead atoms. The predicted octanol–water partition coefficient (Wildman–Crippen LogP) is 4.05. The number of carbonyl (C=O) groups excluding carboxylic acids is 1. The van der Waals surface area contributed by atoms with E-state index in [9.17, 15) is 4.79 Å². The number of rotatable bonds is 3. The number of aromatic nitrogens is 2. The molecule has 1 aromatic heterocycles. The Morgan fingerprint density at radius 2 is 1.80 bits per heavy atom. The summed E-state index contributed by atoms with van der Waals surface area (Å²) >= 11 is 1.66. The Kier molecular flexibility index (Phi) is 4.09. The van der Waals surface area contributed by atoms with Crippen molar-refractivity contribution in [1.82, 2.24) is 14.7 Å². The molecule has 2 heterocycles. The zero-order valence-electron chi connectivity index (χ0n) is 14.2. The maximum Gasteiger partial charge on any atom is 0.233 e. The lowest BCUT2D eigenvalue weighted by atomic mass is 10.1. The Morgan fingerprint density at radius 3 is 2.44 bits per heavy atom. The molecule has 25 heavy (non-hydrogen) atoms. The number of hydrogen-bond acceptors (Lipinski definition) is 3. The van der Waals surface area contributed by atoms with Crippen LogP contribution in [-0.4, -0.2) is 33.4 Å². The highest BCUT2D eigenvalue weighted by Crippen LogP contribution is 2.41. The minimum Gasteiger partial charge on any atom is -0.329 e. The summed E-state index contributed by atoms with van der Waals surface area (Å²) in [5.41, 5.74) is 5.31. The molecule has 1 atom stereocenters. The molecule has 0 saturated carbocycles. The van der Waals surface area contributed by atoms with E-state index in [0.29, 0.717) is 5.75 Å². The van der Waals surface area contributed by atoms with Crippen molar-refractivity contribution < 1.29 is 4.79 Å². The molecule has 0 aliphatic carbocycles. The molecule has 0 spiro atoms. The van der Waals surface area contributed by atoms with Gasteiger partial charge in [0.25, 0.3) is 0 Å². The van der Waals surface area contributed by atoms with Crippen LogP contribution in [0.4, 0.5) is 0 Å². The fraction of sp³-hybridized carbons (Fsp3) is 0.200. The van der Waals surface area contributed by atoms with Crippen molar-refractivity contribution in [2.45, 2.75) is 12.3 Å². The Morgan fingerprint density at radius 1 is 1.08 bits per heavy atom. The third kappa shape index (κ3) is 2.96. The van der Waals surface area contributed by atoms with Gasteiger partial charge < -0.3 is 4.90 Å². The summed E-state index contributed by atoms with van der Waals surface area (Å²) in [7, 11) is 1.87. The van der Waals surface area contributed by atoms with Gasteiger partial charge in [0, 0.05) is 24.4 Å². The second-order valence-corrected chi connectivity index (χ2v) is 7.32. The van der Waals surface area contributed by atoms with Crippen LogP contribution in [0.15, 0.2) is 60.8 Å². The van der Waals surface area contributed by atoms with Crippen LogP contribution in [0.2, 0.25) is 0 Å². The largest absolute Gasteiger partial charge is 0.329 e. The van der Waals surface area contributed by atoms with Crippen molar-refractivity contribution in [3.05, 3.63) is 71.9 Å². The lowest BCUT2D eigenvalue weighted by molar-refractivity contribution is -0.126. The number of amides is 1. The SMILES string of the molecule is Cc1ccc(-c2nn(-c3ccccc3)cc2[C@H]2SCC(=O)N2C)cc1. The summed E-state index contributed by atoms with van der Waals surface area (Å²) in [6.45, 7) is 2.08. The molecule has 1 amide bonds. The minimum absolute atomic E-state index is 0.00117. The van der Waals surface area contributed by atoms with Crippen molar-refractivity contribution in [2.24, 2.45) is 0 Å². The molecule has 0 N–H and O–H groups in total. The standard InChI is InChI=1S/C20H19N3OS/c1-14-8-10-15(11-9-14)19-17(20-22(2)18(24)13-25-20)12-23(21-19)16-6-4-3-5-7-16/h3-12,20H,13H2,1-2H3/t20-/m1/s1. The van der Waals surface area contributed by atoms with Crippen molar-refractivity contribution in [2.75, 3.05) is 12.8 Å². The van der Waals surface area contributed by atoms with Crippen molar-refractivity contribution >= 4 is 17.7 Å². The van der Waals surface area contributed by atoms with Crippen LogP contribution in [0.25, 0.3) is 16.9 Å². The average Bonchev–Trinajstić information content (AvgIpc) is 3.21. The Bertz CT molecular complexity index is 902. The Labute approximate surface area is 151 Å². The van der Waals surface area contributed by atoms with Gasteiger partial charge in [-0.1, -0.05) is 48.0 Å². The smallest absolute Gasteiger partial charge is 0.233 e. The minimum atomic E-state index is 0.00117. The Balaban J connectivity index is 1.84. The number of carbonyl (C=O) groups is 1. The van der Waals surface area contributed by atoms with E-state index in [1.54, 1.807) is 11.8 Å². The van der Waals surface area contributed by atoms with Gasteiger partial charge in [-0.25, -0.2) is 4.68 Å². The van der Waals surface area contributed by atoms with E-state index in [0.717, 1.165) is 22.5 Å². The molecule has 1 saturated heterocycles. The summed E-state index contributed by atoms with van der Waals surface area (Å²) < 4.78 is 1.90. The van der Waals surface area contributed by atoms with E-state index in [4.69, 9.17) is 5.10 Å². The van der Waals surface area contributed by atoms with Crippen LogP contribution in [-0.2, 0) is 4.79 Å². The molecule has 4 rings (SSSR count). The zero-order chi connectivity index (χ0) is 17.4. The molecule has 0 unspecified atom stereocenters. The lowest BCUT2D eigenvalue weighted by Gasteiger charge is -2.18. The van der Waals surface area contributed by atoms with Crippen LogP contribution in [0, 0.1) is 6.92 Å². The quantitative estimate of drug-likeness (QED) is 0.716. The van der Waals surface area contributed by atoms with Gasteiger partial charge in [-0.05, 0) is 19.1 Å². The number of nitrogens with zero attached hydrogens (tertiary/aromatic N) is 3. The van der Waals surface area contributed by atoms with Gasteiger partial charge >= 0.3 is 0 Å². The van der Waals surface area contributed by atoms with Gasteiger partial charge in [0.05, 0.1) is 17.1 Å². The number of thioether (sulfide) groups is 1. The van der Waals surface area contributed by atoms with Crippen molar-refractivity contribution in [1.29, 1.82) is 0 Å². The van der Waals surface area contributed by atoms with E-state index < -0.39 is 0 Å². The van der Waals surface area contributed by atoms with E-state index in [2.05, 4.69) is 37.4 Å². The molecule has 0 radical (unpaired) electrons. The van der Waals surface area contributed by atoms with Crippen molar-refractivity contribution in [3.63, 3.8) is 0 Å². The second kappa shape index (κ2) is 6.41. The van der Waals surface area contributed by atoms with Crippen LogP contribution in [0.5, 0.6) is 0 Å². The fourth-order valence-corrected chi connectivity index (χ4v) is 4.21. The highest BCUT2D eigenvalue weighted by Gasteiger charge is 2.33.